The fourth-order valence-corrected chi connectivity index (χ4v) is 3.86. The number of hydrogen-bond donors (Lipinski definition) is 1. The van der Waals surface area contributed by atoms with Gasteiger partial charge in [0.05, 0.1) is 14.4 Å². The molecule has 0 saturated carbocycles. The maximum Gasteiger partial charge on any atom is 0.343 e. The van der Waals surface area contributed by atoms with Crippen molar-refractivity contribution in [1.29, 1.82) is 0 Å². The molecule has 0 radical (unpaired) electrons. The molecule has 8 heteroatoms. The molecule has 0 fully saturated rings. The van der Waals surface area contributed by atoms with Crippen molar-refractivity contribution < 1.29 is 4.79 Å². The first-order valence-electron chi connectivity index (χ1n) is 6.18. The molecule has 0 unspecified atom stereocenters. The summed E-state index contributed by atoms with van der Waals surface area (Å²) in [6.07, 6.45) is 1.92. The van der Waals surface area contributed by atoms with Crippen LogP contribution in [0.15, 0.2) is 25.9 Å². The van der Waals surface area contributed by atoms with Crippen molar-refractivity contribution in [2.24, 2.45) is 0 Å². The number of ketones is 1. The van der Waals surface area contributed by atoms with Gasteiger partial charge in [0.25, 0.3) is 0 Å². The van der Waals surface area contributed by atoms with Crippen molar-refractivity contribution in [2.45, 2.75) is 31.5 Å². The molecule has 0 aromatic carbocycles. The molecular weight excluding hydrogens is 362 g/mol. The molecule has 2 heterocycles. The normalized spacial score (nSPS) is 10.9. The van der Waals surface area contributed by atoms with E-state index in [2.05, 4.69) is 33.1 Å². The Bertz CT molecular complexity index is 647. The molecule has 5 nitrogen and oxygen atoms in total. The van der Waals surface area contributed by atoms with Crippen LogP contribution in [0.4, 0.5) is 0 Å². The molecule has 0 bridgehead atoms. The molecule has 0 spiro atoms. The lowest BCUT2D eigenvalue weighted by atomic mass is 10.3. The molecule has 0 aliphatic rings. The Morgan fingerprint density at radius 2 is 2.35 bits per heavy atom. The molecule has 2 rings (SSSR count). The number of aromatic amines is 1. The highest BCUT2D eigenvalue weighted by atomic mass is 79.9. The van der Waals surface area contributed by atoms with Gasteiger partial charge in [0.15, 0.2) is 10.9 Å². The molecular formula is C12H14BrN3O2S2. The molecule has 1 N–H and O–H groups in total. The summed E-state index contributed by atoms with van der Waals surface area (Å²) in [7, 11) is 0. The average molecular weight is 376 g/mol. The summed E-state index contributed by atoms with van der Waals surface area (Å²) in [6, 6.07) is 3.65. The summed E-state index contributed by atoms with van der Waals surface area (Å²) in [4.78, 5) is 24.3. The SMILES string of the molecule is CCCCn1c(SCC(=O)c2ccc(Br)s2)n[nH]c1=O. The number of thiophene rings is 1. The molecule has 2 aromatic rings. The number of halogens is 1. The lowest BCUT2D eigenvalue weighted by molar-refractivity contribution is 0.102. The number of nitrogens with one attached hydrogen (secondary N) is 1. The Morgan fingerprint density at radius 3 is 3.00 bits per heavy atom. The number of nitrogens with zero attached hydrogens (tertiary/aromatic N) is 2. The van der Waals surface area contributed by atoms with Crippen molar-refractivity contribution in [3.05, 3.63) is 31.3 Å². The summed E-state index contributed by atoms with van der Waals surface area (Å²) < 4.78 is 2.52. The van der Waals surface area contributed by atoms with Crippen LogP contribution in [0.25, 0.3) is 0 Å². The van der Waals surface area contributed by atoms with E-state index >= 15 is 0 Å². The van der Waals surface area contributed by atoms with Crippen LogP contribution in [0.1, 0.15) is 29.4 Å². The number of unbranched alkanes of at least 4 members (excludes halogenated alkanes) is 1. The third kappa shape index (κ3) is 3.83. The van der Waals surface area contributed by atoms with Crippen LogP contribution < -0.4 is 5.69 Å². The highest BCUT2D eigenvalue weighted by Crippen LogP contribution is 2.24. The smallest absolute Gasteiger partial charge is 0.292 e. The van der Waals surface area contributed by atoms with Gasteiger partial charge in [-0.1, -0.05) is 25.1 Å². The Balaban J connectivity index is 2.00. The summed E-state index contributed by atoms with van der Waals surface area (Å²) >= 11 is 6.04. The van der Waals surface area contributed by atoms with Gasteiger partial charge in [0.2, 0.25) is 0 Å². The van der Waals surface area contributed by atoms with E-state index in [1.54, 1.807) is 10.6 Å². The van der Waals surface area contributed by atoms with E-state index in [0.29, 0.717) is 16.6 Å². The van der Waals surface area contributed by atoms with E-state index in [0.717, 1.165) is 16.6 Å². The topological polar surface area (TPSA) is 67.8 Å². The molecule has 0 aliphatic heterocycles. The van der Waals surface area contributed by atoms with Gasteiger partial charge >= 0.3 is 5.69 Å². The van der Waals surface area contributed by atoms with Crippen LogP contribution >= 0.6 is 39.0 Å². The van der Waals surface area contributed by atoms with Gasteiger partial charge in [-0.15, -0.1) is 16.4 Å². The lowest BCUT2D eigenvalue weighted by Crippen LogP contribution is -2.17. The summed E-state index contributed by atoms with van der Waals surface area (Å²) in [5, 5.41) is 6.98. The Hall–Kier alpha value is -0.860. The average Bonchev–Trinajstić information content (AvgIpc) is 3.01. The molecule has 0 aliphatic carbocycles. The van der Waals surface area contributed by atoms with Gasteiger partial charge < -0.3 is 0 Å². The van der Waals surface area contributed by atoms with E-state index in [1.165, 1.54) is 23.1 Å². The number of carbonyl (C=O) groups is 1. The minimum Gasteiger partial charge on any atom is -0.292 e. The maximum atomic E-state index is 12.0. The largest absolute Gasteiger partial charge is 0.343 e. The van der Waals surface area contributed by atoms with E-state index in [4.69, 9.17) is 0 Å². The van der Waals surface area contributed by atoms with Gasteiger partial charge in [-0.05, 0) is 34.5 Å². The fraction of sp³-hybridized carbons (Fsp3) is 0.417. The number of Topliss-reactive ketones (excluding diaryl/α,β-unsaturated/α-hetero) is 1. The van der Waals surface area contributed by atoms with Crippen LogP contribution in [0.2, 0.25) is 0 Å². The zero-order chi connectivity index (χ0) is 14.5. The molecule has 0 amide bonds. The molecule has 2 aromatic heterocycles. The molecule has 20 heavy (non-hydrogen) atoms. The standard InChI is InChI=1S/C12H14BrN3O2S2/c1-2-3-6-16-11(18)14-15-12(16)19-7-8(17)9-4-5-10(13)20-9/h4-5H,2-3,6-7H2,1H3,(H,14,18). The van der Waals surface area contributed by atoms with Crippen LogP contribution in [-0.4, -0.2) is 26.3 Å². The minimum atomic E-state index is -0.215. The Morgan fingerprint density at radius 1 is 1.55 bits per heavy atom. The number of H-pyrrole nitrogens is 1. The first-order chi connectivity index (χ1) is 9.61. The second kappa shape index (κ2) is 7.24. The molecule has 108 valence electrons. The maximum absolute atomic E-state index is 12.0. The monoisotopic (exact) mass is 375 g/mol. The number of rotatable bonds is 7. The third-order valence-electron chi connectivity index (χ3n) is 2.64. The van der Waals surface area contributed by atoms with Crippen molar-refractivity contribution in [3.8, 4) is 0 Å². The van der Waals surface area contributed by atoms with E-state index in [1.807, 2.05) is 6.07 Å². The van der Waals surface area contributed by atoms with Crippen LogP contribution in [-0.2, 0) is 6.54 Å². The second-order valence-corrected chi connectivity index (χ2v) is 7.54. The quantitative estimate of drug-likeness (QED) is 0.595. The first-order valence-corrected chi connectivity index (χ1v) is 8.78. The number of aromatic nitrogens is 3. The van der Waals surface area contributed by atoms with E-state index in [9.17, 15) is 9.59 Å². The highest BCUT2D eigenvalue weighted by Gasteiger charge is 2.13. The van der Waals surface area contributed by atoms with Crippen molar-refractivity contribution in [3.63, 3.8) is 0 Å². The summed E-state index contributed by atoms with van der Waals surface area (Å²) in [6.45, 7) is 2.70. The number of hydrogen-bond acceptors (Lipinski definition) is 5. The van der Waals surface area contributed by atoms with Crippen LogP contribution in [0.3, 0.4) is 0 Å². The fourth-order valence-electron chi connectivity index (χ4n) is 1.59. The Labute approximate surface area is 132 Å². The second-order valence-electron chi connectivity index (χ2n) is 4.13. The van der Waals surface area contributed by atoms with Crippen LogP contribution in [0.5, 0.6) is 0 Å². The molecule has 0 saturated heterocycles. The van der Waals surface area contributed by atoms with Gasteiger partial charge in [0.1, 0.15) is 0 Å². The lowest BCUT2D eigenvalue weighted by Gasteiger charge is -2.03. The van der Waals surface area contributed by atoms with Crippen molar-refractivity contribution in [2.75, 3.05) is 5.75 Å². The minimum absolute atomic E-state index is 0.0446. The highest BCUT2D eigenvalue weighted by molar-refractivity contribution is 9.11. The molecule has 0 atom stereocenters. The summed E-state index contributed by atoms with van der Waals surface area (Å²) in [5.74, 6) is 0.326. The zero-order valence-corrected chi connectivity index (χ0v) is 14.1. The predicted molar refractivity (Wildman–Crippen MR) is 84.8 cm³/mol. The van der Waals surface area contributed by atoms with Gasteiger partial charge in [-0.3, -0.25) is 9.36 Å². The van der Waals surface area contributed by atoms with E-state index < -0.39 is 0 Å². The number of thioether (sulfide) groups is 1. The van der Waals surface area contributed by atoms with Gasteiger partial charge in [-0.25, -0.2) is 9.89 Å². The van der Waals surface area contributed by atoms with Crippen molar-refractivity contribution in [1.82, 2.24) is 14.8 Å². The Kier molecular flexibility index (Phi) is 5.62. The van der Waals surface area contributed by atoms with Gasteiger partial charge in [-0.2, -0.15) is 0 Å². The van der Waals surface area contributed by atoms with Gasteiger partial charge in [0, 0.05) is 6.54 Å². The first kappa shape index (κ1) is 15.5. The van der Waals surface area contributed by atoms with E-state index in [-0.39, 0.29) is 17.2 Å². The predicted octanol–water partition coefficient (Wildman–Crippen LogP) is 3.17. The third-order valence-corrected chi connectivity index (χ3v) is 5.28. The van der Waals surface area contributed by atoms with Crippen LogP contribution in [0, 0.1) is 0 Å². The zero-order valence-electron chi connectivity index (χ0n) is 10.9. The van der Waals surface area contributed by atoms with Crippen molar-refractivity contribution >= 4 is 44.8 Å². The number of carbonyl (C=O) groups excluding carboxylic acids is 1. The summed E-state index contributed by atoms with van der Waals surface area (Å²) in [5.41, 5.74) is -0.215.